The van der Waals surface area contributed by atoms with Crippen molar-refractivity contribution in [3.05, 3.63) is 47.0 Å². The molecular formula is C30H40F6LiO4P. The van der Waals surface area contributed by atoms with E-state index in [0.717, 1.165) is 44.9 Å². The number of hydrogen-bond donors (Lipinski definition) is 0. The third kappa shape index (κ3) is 12.0. The Morgan fingerprint density at radius 2 is 1.10 bits per heavy atom. The molecule has 0 heterocycles. The average Bonchev–Trinajstić information content (AvgIpc) is 2.91. The average molecular weight is 617 g/mol. The molecule has 0 radical (unpaired) electrons. The summed E-state index contributed by atoms with van der Waals surface area (Å²) >= 11 is 0. The van der Waals surface area contributed by atoms with Crippen LogP contribution in [0.5, 0.6) is 17.2 Å². The molecule has 0 saturated carbocycles. The van der Waals surface area contributed by atoms with Crippen LogP contribution < -0.4 is 19.5 Å². The zero-order valence-corrected chi connectivity index (χ0v) is 24.8. The minimum absolute atomic E-state index is 0. The standard InChI is InChI=1S/C30H39F6O4P.Li.H/c1-4-7-10-16-38-21-19-24(39-17-11-8-5-2)27(25(20-21)40-18-12-9-6-3)41-28(37)26-22(29(31,32)33)14-13-15-23(26)30(34,35)36;;/h13-15,19-20,41H,4-12,16-18H2,1-3H3;;. The van der Waals surface area contributed by atoms with Crippen molar-refractivity contribution in [1.29, 1.82) is 0 Å². The molecule has 2 aromatic rings. The molecule has 232 valence electrons. The summed E-state index contributed by atoms with van der Waals surface area (Å²) in [5, 5.41) is 0.119. The fourth-order valence-corrected chi connectivity index (χ4v) is 5.21. The maximum absolute atomic E-state index is 13.8. The van der Waals surface area contributed by atoms with Crippen molar-refractivity contribution < 1.29 is 45.3 Å². The van der Waals surface area contributed by atoms with Gasteiger partial charge >= 0.3 is 31.2 Å². The summed E-state index contributed by atoms with van der Waals surface area (Å²) in [6, 6.07) is 4.70. The summed E-state index contributed by atoms with van der Waals surface area (Å²) < 4.78 is 101. The van der Waals surface area contributed by atoms with Gasteiger partial charge in [-0.25, -0.2) is 0 Å². The first-order chi connectivity index (χ1) is 19.4. The van der Waals surface area contributed by atoms with E-state index < -0.39 is 43.1 Å². The first-order valence-electron chi connectivity index (χ1n) is 14.1. The number of hydrogen-bond acceptors (Lipinski definition) is 4. The molecule has 0 N–H and O–H groups in total. The zero-order valence-electron chi connectivity index (χ0n) is 23.8. The van der Waals surface area contributed by atoms with Crippen LogP contribution >= 0.6 is 8.58 Å². The van der Waals surface area contributed by atoms with Crippen LogP contribution in [0, 0.1) is 0 Å². The summed E-state index contributed by atoms with van der Waals surface area (Å²) in [4.78, 5) is 13.4. The molecule has 42 heavy (non-hydrogen) atoms. The number of ether oxygens (including phenoxy) is 3. The number of unbranched alkanes of at least 4 members (excludes halogenated alkanes) is 6. The van der Waals surface area contributed by atoms with Crippen molar-refractivity contribution >= 4 is 38.3 Å². The molecule has 0 fully saturated rings. The second-order valence-corrected chi connectivity index (χ2v) is 10.8. The molecule has 1 atom stereocenters. The van der Waals surface area contributed by atoms with Gasteiger partial charge in [-0.15, -0.1) is 0 Å². The Morgan fingerprint density at radius 1 is 0.690 bits per heavy atom. The van der Waals surface area contributed by atoms with Gasteiger partial charge in [0, 0.05) is 17.7 Å². The van der Waals surface area contributed by atoms with E-state index in [0.29, 0.717) is 43.4 Å². The fourth-order valence-electron chi connectivity index (χ4n) is 4.06. The monoisotopic (exact) mass is 616 g/mol. The fraction of sp³-hybridized carbons (Fsp3) is 0.567. The third-order valence-electron chi connectivity index (χ3n) is 6.21. The molecule has 0 amide bonds. The van der Waals surface area contributed by atoms with E-state index in [1.807, 2.05) is 13.8 Å². The quantitative estimate of drug-likeness (QED) is 0.0726. The molecule has 1 unspecified atom stereocenters. The van der Waals surface area contributed by atoms with E-state index in [1.54, 1.807) is 0 Å². The Morgan fingerprint density at radius 3 is 1.48 bits per heavy atom. The molecule has 0 spiro atoms. The molecule has 0 aliphatic rings. The summed E-state index contributed by atoms with van der Waals surface area (Å²) in [7, 11) is -1.12. The van der Waals surface area contributed by atoms with Gasteiger partial charge < -0.3 is 14.2 Å². The third-order valence-corrected chi connectivity index (χ3v) is 7.43. The first kappa shape index (κ1) is 38.1. The number of carbonyl (C=O) groups is 1. The van der Waals surface area contributed by atoms with Gasteiger partial charge in [-0.2, -0.15) is 26.3 Å². The molecule has 0 bridgehead atoms. The maximum atomic E-state index is 13.8. The van der Waals surface area contributed by atoms with Crippen molar-refractivity contribution in [2.75, 3.05) is 19.8 Å². The van der Waals surface area contributed by atoms with E-state index in [-0.39, 0.29) is 48.9 Å². The summed E-state index contributed by atoms with van der Waals surface area (Å²) in [6.07, 6.45) is -2.68. The molecular weight excluding hydrogens is 576 g/mol. The van der Waals surface area contributed by atoms with Crippen LogP contribution in [-0.4, -0.2) is 44.2 Å². The first-order valence-corrected chi connectivity index (χ1v) is 15.1. The van der Waals surface area contributed by atoms with Crippen molar-refractivity contribution in [3.8, 4) is 17.2 Å². The van der Waals surface area contributed by atoms with Crippen molar-refractivity contribution in [3.63, 3.8) is 0 Å². The van der Waals surface area contributed by atoms with Gasteiger partial charge in [0.15, 0.2) is 5.52 Å². The zero-order chi connectivity index (χ0) is 30.5. The molecule has 2 aromatic carbocycles. The van der Waals surface area contributed by atoms with Gasteiger partial charge in [0.1, 0.15) is 17.2 Å². The van der Waals surface area contributed by atoms with E-state index in [4.69, 9.17) is 14.2 Å². The Hall–Kier alpha value is -1.88. The van der Waals surface area contributed by atoms with Crippen LogP contribution in [0.15, 0.2) is 30.3 Å². The molecule has 0 aliphatic heterocycles. The number of carbonyl (C=O) groups excluding carboxylic acids is 1. The molecule has 0 aliphatic carbocycles. The summed E-state index contributed by atoms with van der Waals surface area (Å²) in [5.41, 5.74) is -5.97. The number of alkyl halides is 6. The van der Waals surface area contributed by atoms with Crippen molar-refractivity contribution in [2.45, 2.75) is 90.9 Å². The van der Waals surface area contributed by atoms with Crippen molar-refractivity contribution in [2.24, 2.45) is 0 Å². The summed E-state index contributed by atoms with van der Waals surface area (Å²) in [6.45, 7) is 6.98. The van der Waals surface area contributed by atoms with Gasteiger partial charge in [0.05, 0.1) is 36.3 Å². The predicted octanol–water partition coefficient (Wildman–Crippen LogP) is 8.93. The Labute approximate surface area is 258 Å². The Kier molecular flexibility index (Phi) is 17.0. The van der Waals surface area contributed by atoms with E-state index in [9.17, 15) is 31.1 Å². The minimum atomic E-state index is -5.16. The van der Waals surface area contributed by atoms with Gasteiger partial charge in [-0.3, -0.25) is 4.79 Å². The molecule has 0 saturated heterocycles. The normalized spacial score (nSPS) is 11.9. The van der Waals surface area contributed by atoms with E-state index >= 15 is 0 Å². The van der Waals surface area contributed by atoms with Crippen LogP contribution in [0.1, 0.15) is 100 Å². The van der Waals surface area contributed by atoms with Gasteiger partial charge in [-0.1, -0.05) is 65.4 Å². The molecule has 4 nitrogen and oxygen atoms in total. The topological polar surface area (TPSA) is 44.8 Å². The van der Waals surface area contributed by atoms with Crippen LogP contribution in [0.2, 0.25) is 0 Å². The number of benzene rings is 2. The van der Waals surface area contributed by atoms with Gasteiger partial charge in [-0.05, 0) is 40.0 Å². The second-order valence-electron chi connectivity index (χ2n) is 9.64. The molecule has 2 rings (SSSR count). The van der Waals surface area contributed by atoms with Crippen molar-refractivity contribution in [1.82, 2.24) is 0 Å². The van der Waals surface area contributed by atoms with Gasteiger partial charge in [0.25, 0.3) is 0 Å². The summed E-state index contributed by atoms with van der Waals surface area (Å²) in [5.74, 6) is 0.707. The number of halogens is 6. The van der Waals surface area contributed by atoms with E-state index in [2.05, 4.69) is 6.92 Å². The van der Waals surface area contributed by atoms with E-state index in [1.165, 1.54) is 12.1 Å². The Bertz CT molecular complexity index is 1040. The molecule has 0 aromatic heterocycles. The second kappa shape index (κ2) is 18.7. The number of rotatable bonds is 18. The molecule has 12 heteroatoms. The van der Waals surface area contributed by atoms with Crippen LogP contribution in [0.4, 0.5) is 26.3 Å². The van der Waals surface area contributed by atoms with Crippen LogP contribution in [0.25, 0.3) is 0 Å². The van der Waals surface area contributed by atoms with Crippen LogP contribution in [-0.2, 0) is 12.4 Å². The Balaban J connectivity index is 0.00000882. The van der Waals surface area contributed by atoms with Crippen LogP contribution in [0.3, 0.4) is 0 Å². The van der Waals surface area contributed by atoms with Gasteiger partial charge in [0.2, 0.25) is 0 Å². The predicted molar refractivity (Wildman–Crippen MR) is 157 cm³/mol. The SMILES string of the molecule is CCCCCOc1cc(OCCCCC)c(PC(=O)c2c(C(F)(F)F)cccc2C(F)(F)F)c(OCCCCC)c1.[LiH].